The number of benzene rings is 1. The van der Waals surface area contributed by atoms with E-state index in [1.54, 1.807) is 12.1 Å². The quantitative estimate of drug-likeness (QED) is 0.652. The number of nitrogens with zero attached hydrogens (tertiary/aromatic N) is 1. The second-order valence-corrected chi connectivity index (χ2v) is 6.69. The van der Waals surface area contributed by atoms with Crippen LogP contribution in [0.25, 0.3) is 0 Å². The average molecular weight is 355 g/mol. The van der Waals surface area contributed by atoms with Gasteiger partial charge in [-0.3, -0.25) is 14.5 Å². The molecule has 2 rings (SSSR count). The maximum Gasteiger partial charge on any atom is 0.324 e. The Hall–Kier alpha value is -2.46. The maximum absolute atomic E-state index is 11.7. The smallest absolute Gasteiger partial charge is 0.324 e. The van der Waals surface area contributed by atoms with Gasteiger partial charge in [-0.25, -0.2) is 18.4 Å². The predicted molar refractivity (Wildman–Crippen MR) is 82.2 cm³/mol. The van der Waals surface area contributed by atoms with Crippen LogP contribution < -0.4 is 10.5 Å². The number of sulfonamides is 1. The highest BCUT2D eigenvalue weighted by Crippen LogP contribution is 2.10. The van der Waals surface area contributed by atoms with Crippen molar-refractivity contribution in [1.82, 2.24) is 10.2 Å². The van der Waals surface area contributed by atoms with Crippen molar-refractivity contribution in [2.75, 3.05) is 19.7 Å². The number of primary sulfonamides is 1. The van der Waals surface area contributed by atoms with Crippen molar-refractivity contribution in [3.63, 3.8) is 0 Å². The number of amides is 3. The Morgan fingerprint density at radius 1 is 1.25 bits per heavy atom. The molecule has 0 unspecified atom stereocenters. The lowest BCUT2D eigenvalue weighted by atomic mass is 10.1. The second-order valence-electron chi connectivity index (χ2n) is 5.13. The van der Waals surface area contributed by atoms with Crippen molar-refractivity contribution in [2.45, 2.75) is 17.7 Å². The molecule has 1 aromatic rings. The minimum absolute atomic E-state index is 0.0108. The Morgan fingerprint density at radius 3 is 2.46 bits per heavy atom. The summed E-state index contributed by atoms with van der Waals surface area (Å²) in [6.07, 6.45) is 0.344. The first-order valence-corrected chi connectivity index (χ1v) is 8.67. The third kappa shape index (κ3) is 4.77. The van der Waals surface area contributed by atoms with Crippen molar-refractivity contribution in [2.24, 2.45) is 5.14 Å². The molecule has 0 spiro atoms. The maximum atomic E-state index is 11.7. The summed E-state index contributed by atoms with van der Waals surface area (Å²) in [4.78, 5) is 35.6. The second kappa shape index (κ2) is 7.41. The molecule has 9 nitrogen and oxygen atoms in total. The molecule has 1 aromatic carbocycles. The van der Waals surface area contributed by atoms with Gasteiger partial charge in [-0.2, -0.15) is 0 Å². The zero-order valence-corrected chi connectivity index (χ0v) is 13.5. The fourth-order valence-electron chi connectivity index (χ4n) is 2.09. The van der Waals surface area contributed by atoms with E-state index in [0.717, 1.165) is 10.5 Å². The van der Waals surface area contributed by atoms with Crippen LogP contribution >= 0.6 is 0 Å². The fourth-order valence-corrected chi connectivity index (χ4v) is 2.61. The Labute approximate surface area is 138 Å². The number of imide groups is 1. The molecule has 24 heavy (non-hydrogen) atoms. The van der Waals surface area contributed by atoms with Crippen LogP contribution in [-0.2, 0) is 30.8 Å². The summed E-state index contributed by atoms with van der Waals surface area (Å²) in [6.45, 7) is 0.148. The number of hydrogen-bond acceptors (Lipinski definition) is 6. The van der Waals surface area contributed by atoms with Gasteiger partial charge in [0, 0.05) is 19.5 Å². The van der Waals surface area contributed by atoms with E-state index in [1.807, 2.05) is 0 Å². The summed E-state index contributed by atoms with van der Waals surface area (Å²) in [5.74, 6) is -1.16. The van der Waals surface area contributed by atoms with Gasteiger partial charge in [0.15, 0.2) is 6.61 Å². The minimum atomic E-state index is -3.75. The number of carbonyl (C=O) groups excluding carboxylic acids is 3. The first kappa shape index (κ1) is 17.9. The lowest BCUT2D eigenvalue weighted by molar-refractivity contribution is -0.150. The number of carbonyl (C=O) groups is 3. The number of hydrogen-bond donors (Lipinski definition) is 2. The van der Waals surface area contributed by atoms with Crippen LogP contribution in [-0.4, -0.2) is 50.9 Å². The van der Waals surface area contributed by atoms with Crippen LogP contribution in [0.3, 0.4) is 0 Å². The van der Waals surface area contributed by atoms with E-state index in [0.29, 0.717) is 13.0 Å². The zero-order chi connectivity index (χ0) is 17.7. The highest BCUT2D eigenvalue weighted by Gasteiger charge is 2.26. The molecular formula is C14H17N3O6S. The lowest BCUT2D eigenvalue weighted by Gasteiger charge is -2.12. The van der Waals surface area contributed by atoms with Gasteiger partial charge in [0.25, 0.3) is 5.91 Å². The summed E-state index contributed by atoms with van der Waals surface area (Å²) in [6, 6.07) is 5.31. The molecule has 10 heteroatoms. The first-order chi connectivity index (χ1) is 11.3. The molecule has 1 fully saturated rings. The molecule has 0 aliphatic carbocycles. The number of rotatable bonds is 6. The number of esters is 1. The van der Waals surface area contributed by atoms with E-state index in [1.165, 1.54) is 12.1 Å². The number of nitrogens with one attached hydrogen (secondary N) is 1. The van der Waals surface area contributed by atoms with Gasteiger partial charge in [0.05, 0.1) is 4.90 Å². The van der Waals surface area contributed by atoms with Crippen molar-refractivity contribution in [3.05, 3.63) is 29.8 Å². The minimum Gasteiger partial charge on any atom is -0.456 e. The normalized spacial score (nSPS) is 14.4. The molecule has 3 amide bonds. The van der Waals surface area contributed by atoms with E-state index >= 15 is 0 Å². The summed E-state index contributed by atoms with van der Waals surface area (Å²) < 4.78 is 27.1. The summed E-state index contributed by atoms with van der Waals surface area (Å²) in [5.41, 5.74) is 0.726. The fraction of sp³-hybridized carbons (Fsp3) is 0.357. The molecule has 0 aromatic heterocycles. The first-order valence-electron chi connectivity index (χ1n) is 7.13. The third-order valence-corrected chi connectivity index (χ3v) is 4.31. The molecule has 130 valence electrons. The van der Waals surface area contributed by atoms with E-state index in [2.05, 4.69) is 5.32 Å². The molecular weight excluding hydrogens is 338 g/mol. The van der Waals surface area contributed by atoms with Crippen LogP contribution in [0.1, 0.15) is 12.0 Å². The standard InChI is InChI=1S/C14H17N3O6S/c15-24(21,22)11-4-1-10(2-5-11)3-6-13(19)23-9-12(18)17-8-7-16-14(17)20/h1-2,4-5H,3,6-9H2,(H,16,20)(H2,15,21,22). The molecule has 1 heterocycles. The average Bonchev–Trinajstić information content (AvgIpc) is 2.96. The molecule has 1 aliphatic heterocycles. The molecule has 0 bridgehead atoms. The van der Waals surface area contributed by atoms with Gasteiger partial charge >= 0.3 is 12.0 Å². The van der Waals surface area contributed by atoms with Gasteiger partial charge in [-0.15, -0.1) is 0 Å². The Morgan fingerprint density at radius 2 is 1.92 bits per heavy atom. The molecule has 0 radical (unpaired) electrons. The molecule has 1 saturated heterocycles. The van der Waals surface area contributed by atoms with Gasteiger partial charge < -0.3 is 10.1 Å². The van der Waals surface area contributed by atoms with Crippen LogP contribution in [0.5, 0.6) is 0 Å². The predicted octanol–water partition coefficient (Wildman–Crippen LogP) is -0.638. The van der Waals surface area contributed by atoms with Gasteiger partial charge in [0.2, 0.25) is 10.0 Å². The highest BCUT2D eigenvalue weighted by molar-refractivity contribution is 7.89. The Bertz CT molecular complexity index is 744. The Kier molecular flexibility index (Phi) is 5.52. The molecule has 0 saturated carbocycles. The van der Waals surface area contributed by atoms with Gasteiger partial charge in [-0.05, 0) is 24.1 Å². The van der Waals surface area contributed by atoms with Crippen LogP contribution in [0.4, 0.5) is 4.79 Å². The number of ether oxygens (including phenoxy) is 1. The molecule has 3 N–H and O–H groups in total. The molecule has 0 atom stereocenters. The lowest BCUT2D eigenvalue weighted by Crippen LogP contribution is -2.37. The third-order valence-electron chi connectivity index (χ3n) is 3.38. The number of urea groups is 1. The van der Waals surface area contributed by atoms with Crippen LogP contribution in [0, 0.1) is 0 Å². The topological polar surface area (TPSA) is 136 Å². The number of aryl methyl sites for hydroxylation is 1. The van der Waals surface area contributed by atoms with Gasteiger partial charge in [-0.1, -0.05) is 12.1 Å². The number of nitrogens with two attached hydrogens (primary N) is 1. The van der Waals surface area contributed by atoms with Crippen molar-refractivity contribution in [3.8, 4) is 0 Å². The highest BCUT2D eigenvalue weighted by atomic mass is 32.2. The van der Waals surface area contributed by atoms with E-state index in [9.17, 15) is 22.8 Å². The largest absolute Gasteiger partial charge is 0.456 e. The molecule has 1 aliphatic rings. The SMILES string of the molecule is NS(=O)(=O)c1ccc(CCC(=O)OCC(=O)N2CCNC2=O)cc1. The van der Waals surface area contributed by atoms with E-state index in [4.69, 9.17) is 9.88 Å². The monoisotopic (exact) mass is 355 g/mol. The van der Waals surface area contributed by atoms with Crippen LogP contribution in [0.15, 0.2) is 29.2 Å². The van der Waals surface area contributed by atoms with E-state index < -0.39 is 34.5 Å². The zero-order valence-electron chi connectivity index (χ0n) is 12.7. The van der Waals surface area contributed by atoms with Crippen molar-refractivity contribution >= 4 is 27.9 Å². The Balaban J connectivity index is 1.77. The summed E-state index contributed by atoms with van der Waals surface area (Å²) in [7, 11) is -3.75. The van der Waals surface area contributed by atoms with Gasteiger partial charge in [0.1, 0.15) is 0 Å². The summed E-state index contributed by atoms with van der Waals surface area (Å²) in [5, 5.41) is 7.47. The summed E-state index contributed by atoms with van der Waals surface area (Å²) >= 11 is 0. The van der Waals surface area contributed by atoms with Crippen molar-refractivity contribution < 1.29 is 27.5 Å². The van der Waals surface area contributed by atoms with Crippen LogP contribution in [0.2, 0.25) is 0 Å². The van der Waals surface area contributed by atoms with E-state index in [-0.39, 0.29) is 17.9 Å². The van der Waals surface area contributed by atoms with Crippen molar-refractivity contribution in [1.29, 1.82) is 0 Å².